The van der Waals surface area contributed by atoms with E-state index >= 15 is 0 Å². The second-order valence-electron chi connectivity index (χ2n) is 4.03. The molecule has 24 heavy (non-hydrogen) atoms. The van der Waals surface area contributed by atoms with Crippen molar-refractivity contribution in [2.45, 2.75) is 34.3 Å². The van der Waals surface area contributed by atoms with E-state index in [1.165, 1.54) is 0 Å². The molecular formula is C8F12N2S2. The van der Waals surface area contributed by atoms with Gasteiger partial charge in [-0.3, -0.25) is 0 Å². The van der Waals surface area contributed by atoms with Crippen LogP contribution in [0.15, 0.2) is 4.99 Å². The number of nitrogens with zero attached hydrogens (tertiary/aromatic N) is 2. The zero-order chi connectivity index (χ0) is 19.4. The fourth-order valence-electron chi connectivity index (χ4n) is 1.57. The highest BCUT2D eigenvalue weighted by molar-refractivity contribution is 8.20. The summed E-state index contributed by atoms with van der Waals surface area (Å²) in [5.41, 5.74) is 0. The number of nitriles is 1. The Hall–Kier alpha value is -0.980. The van der Waals surface area contributed by atoms with Gasteiger partial charge in [0.15, 0.2) is 0 Å². The summed E-state index contributed by atoms with van der Waals surface area (Å²) in [4.78, 5) is -4.05. The Balaban J connectivity index is 3.87. The van der Waals surface area contributed by atoms with Crippen LogP contribution >= 0.6 is 23.5 Å². The van der Waals surface area contributed by atoms with Gasteiger partial charge in [0.1, 0.15) is 10.4 Å². The van der Waals surface area contributed by atoms with Crippen molar-refractivity contribution in [2.75, 3.05) is 0 Å². The van der Waals surface area contributed by atoms with Gasteiger partial charge in [-0.05, 0) is 0 Å². The first kappa shape index (κ1) is 21.1. The van der Waals surface area contributed by atoms with Crippen LogP contribution in [0.25, 0.3) is 0 Å². The van der Waals surface area contributed by atoms with Crippen molar-refractivity contribution in [1.29, 1.82) is 5.26 Å². The van der Waals surface area contributed by atoms with Gasteiger partial charge < -0.3 is 0 Å². The lowest BCUT2D eigenvalue weighted by Crippen LogP contribution is -2.60. The van der Waals surface area contributed by atoms with E-state index in [-0.39, 0.29) is 0 Å². The molecule has 0 aromatic carbocycles. The lowest BCUT2D eigenvalue weighted by atomic mass is 10.1. The second kappa shape index (κ2) is 5.51. The number of hydrogen-bond acceptors (Lipinski definition) is 4. The summed E-state index contributed by atoms with van der Waals surface area (Å²) in [6.07, 6.45) is -26.6. The molecule has 0 saturated carbocycles. The monoisotopic (exact) mass is 416 g/mol. The highest BCUT2D eigenvalue weighted by Gasteiger charge is 2.87. The predicted molar refractivity (Wildman–Crippen MR) is 57.9 cm³/mol. The average molecular weight is 416 g/mol. The van der Waals surface area contributed by atoms with E-state index in [9.17, 15) is 52.7 Å². The minimum atomic E-state index is -6.64. The van der Waals surface area contributed by atoms with Gasteiger partial charge in [-0.1, -0.05) is 11.8 Å². The molecule has 0 bridgehead atoms. The van der Waals surface area contributed by atoms with Crippen molar-refractivity contribution in [1.82, 2.24) is 0 Å². The molecule has 0 atom stereocenters. The summed E-state index contributed by atoms with van der Waals surface area (Å²) in [7, 11) is 0. The van der Waals surface area contributed by atoms with Crippen molar-refractivity contribution in [2.24, 2.45) is 4.99 Å². The predicted octanol–water partition coefficient (Wildman–Crippen LogP) is 5.03. The Kier molecular flexibility index (Phi) is 4.84. The van der Waals surface area contributed by atoms with Crippen LogP contribution in [0.5, 0.6) is 0 Å². The van der Waals surface area contributed by atoms with E-state index in [1.807, 2.05) is 0 Å². The molecular weight excluding hydrogens is 416 g/mol. The summed E-state index contributed by atoms with van der Waals surface area (Å²) in [5, 5.41) is 6.09. The quantitative estimate of drug-likeness (QED) is 0.411. The summed E-state index contributed by atoms with van der Waals surface area (Å²) in [5.74, 6) is 0. The maximum Gasteiger partial charge on any atom is 0.432 e. The van der Waals surface area contributed by atoms with Crippen LogP contribution in [0.4, 0.5) is 52.7 Å². The Morgan fingerprint density at radius 1 is 0.792 bits per heavy atom. The molecule has 0 aromatic rings. The fourth-order valence-corrected chi connectivity index (χ4v) is 3.70. The molecule has 1 heterocycles. The first-order valence-corrected chi connectivity index (χ1v) is 6.64. The van der Waals surface area contributed by atoms with Gasteiger partial charge in [-0.25, -0.2) is 4.99 Å². The third-order valence-corrected chi connectivity index (χ3v) is 5.19. The van der Waals surface area contributed by atoms with Crippen LogP contribution in [0.1, 0.15) is 0 Å². The molecule has 2 nitrogen and oxygen atoms in total. The molecule has 0 unspecified atom stereocenters. The minimum Gasteiger partial charge on any atom is -0.244 e. The van der Waals surface area contributed by atoms with Crippen molar-refractivity contribution in [3.05, 3.63) is 0 Å². The zero-order valence-corrected chi connectivity index (χ0v) is 11.9. The van der Waals surface area contributed by atoms with Gasteiger partial charge in [-0.2, -0.15) is 57.9 Å². The maximum atomic E-state index is 12.9. The molecule has 0 N–H and O–H groups in total. The molecule has 1 aliphatic rings. The largest absolute Gasteiger partial charge is 0.432 e. The molecule has 0 saturated heterocycles. The fraction of sp³-hybridized carbons (Fsp3) is 0.750. The van der Waals surface area contributed by atoms with Crippen molar-refractivity contribution in [3.63, 3.8) is 0 Å². The standard InChI is InChI=1S/C8F12N2S2/c9-5(10,11)3(6(12,13)14)2(23-1-21)22-4(24-3,7(15,16)17)8(18,19)20. The number of alkyl halides is 12. The van der Waals surface area contributed by atoms with Crippen molar-refractivity contribution in [3.8, 4) is 5.40 Å². The smallest absolute Gasteiger partial charge is 0.244 e. The SMILES string of the molecule is N#CSC1=NC(C(F)(F)F)(C(F)(F)F)SC1(C(F)(F)F)C(F)(F)F. The topological polar surface area (TPSA) is 36.1 Å². The number of halogens is 12. The Morgan fingerprint density at radius 3 is 1.42 bits per heavy atom. The maximum absolute atomic E-state index is 12.9. The lowest BCUT2D eigenvalue weighted by molar-refractivity contribution is -0.263. The van der Waals surface area contributed by atoms with Gasteiger partial charge in [-0.15, -0.1) is 0 Å². The second-order valence-corrected chi connectivity index (χ2v) is 6.21. The van der Waals surface area contributed by atoms with E-state index in [0.29, 0.717) is 5.40 Å². The summed E-state index contributed by atoms with van der Waals surface area (Å²) in [6, 6.07) is 0. The number of hydrogen-bond donors (Lipinski definition) is 0. The van der Waals surface area contributed by atoms with Crippen molar-refractivity contribution >= 4 is 28.6 Å². The molecule has 138 valence electrons. The average Bonchev–Trinajstić information content (AvgIpc) is 2.64. The molecule has 1 aliphatic heterocycles. The highest BCUT2D eigenvalue weighted by Crippen LogP contribution is 2.68. The number of thioether (sulfide) groups is 2. The lowest BCUT2D eigenvalue weighted by Gasteiger charge is -2.36. The number of aliphatic imine (C=N–C) groups is 1. The number of thiocyanates is 1. The summed E-state index contributed by atoms with van der Waals surface area (Å²) >= 11 is -3.67. The van der Waals surface area contributed by atoms with E-state index in [4.69, 9.17) is 5.26 Å². The first-order chi connectivity index (χ1) is 10.4. The summed E-state index contributed by atoms with van der Waals surface area (Å²) < 4.78 is 149. The molecule has 16 heteroatoms. The Morgan fingerprint density at radius 2 is 1.17 bits per heavy atom. The zero-order valence-electron chi connectivity index (χ0n) is 10.2. The van der Waals surface area contributed by atoms with Gasteiger partial charge in [0, 0.05) is 11.8 Å². The third kappa shape index (κ3) is 2.78. The van der Waals surface area contributed by atoms with Gasteiger partial charge in [0.05, 0.1) is 0 Å². The normalized spacial score (nSPS) is 21.4. The molecule has 0 aromatic heterocycles. The molecule has 0 radical (unpaired) electrons. The number of rotatable bonds is 0. The molecule has 0 aliphatic carbocycles. The Labute approximate surface area is 132 Å². The Bertz CT molecular complexity index is 546. The molecule has 1 rings (SSSR count). The van der Waals surface area contributed by atoms with Crippen LogP contribution in [0, 0.1) is 10.7 Å². The third-order valence-electron chi connectivity index (χ3n) is 2.57. The van der Waals surface area contributed by atoms with E-state index < -0.39 is 62.9 Å². The van der Waals surface area contributed by atoms with Crippen LogP contribution in [-0.2, 0) is 0 Å². The van der Waals surface area contributed by atoms with Crippen LogP contribution in [0.3, 0.4) is 0 Å². The molecule has 0 fully saturated rings. The molecule has 0 spiro atoms. The van der Waals surface area contributed by atoms with Crippen LogP contribution in [-0.4, -0.2) is 39.4 Å². The van der Waals surface area contributed by atoms with Gasteiger partial charge in [0.2, 0.25) is 0 Å². The van der Waals surface area contributed by atoms with E-state index in [0.717, 1.165) is 0 Å². The van der Waals surface area contributed by atoms with Crippen LogP contribution in [0.2, 0.25) is 0 Å². The van der Waals surface area contributed by atoms with E-state index in [2.05, 4.69) is 0 Å². The van der Waals surface area contributed by atoms with Crippen molar-refractivity contribution < 1.29 is 52.7 Å². The van der Waals surface area contributed by atoms with Gasteiger partial charge in [0.25, 0.3) is 9.62 Å². The van der Waals surface area contributed by atoms with Crippen LogP contribution < -0.4 is 0 Å². The summed E-state index contributed by atoms with van der Waals surface area (Å²) in [6.45, 7) is 0. The first-order valence-electron chi connectivity index (χ1n) is 5.01. The molecule has 0 amide bonds. The van der Waals surface area contributed by atoms with Gasteiger partial charge >= 0.3 is 24.7 Å². The highest BCUT2D eigenvalue weighted by atomic mass is 32.2. The van der Waals surface area contributed by atoms with E-state index in [1.54, 1.807) is 4.99 Å². The minimum absolute atomic E-state index is 0.587.